The highest BCUT2D eigenvalue weighted by atomic mass is 16.6. The molecule has 2 nitrogen and oxygen atoms in total. The summed E-state index contributed by atoms with van der Waals surface area (Å²) in [4.78, 5) is 0. The highest BCUT2D eigenvalue weighted by Gasteiger charge is 2.12. The van der Waals surface area contributed by atoms with Crippen LogP contribution in [0.2, 0.25) is 0 Å². The van der Waals surface area contributed by atoms with Crippen molar-refractivity contribution in [3.63, 3.8) is 0 Å². The number of rotatable bonds is 2. The molecule has 0 heterocycles. The molecule has 2 heteroatoms. The van der Waals surface area contributed by atoms with Gasteiger partial charge in [-0.3, -0.25) is 0 Å². The topological polar surface area (TPSA) is 29.5 Å². The molecule has 0 atom stereocenters. The molecule has 1 aromatic carbocycles. The van der Waals surface area contributed by atoms with Crippen molar-refractivity contribution in [2.24, 2.45) is 0 Å². The molecule has 13 heavy (non-hydrogen) atoms. The maximum atomic E-state index is 8.53. The van der Waals surface area contributed by atoms with E-state index in [9.17, 15) is 0 Å². The van der Waals surface area contributed by atoms with Crippen LogP contribution in [0.25, 0.3) is 0 Å². The Balaban J connectivity index is 2.81. The van der Waals surface area contributed by atoms with Gasteiger partial charge in [-0.2, -0.15) is 0 Å². The molecule has 1 N–H and O–H groups in total. The summed E-state index contributed by atoms with van der Waals surface area (Å²) < 4.78 is 4.93. The standard InChI is InChI=1S/C11H16O2/c1-11(2,3)9-4-6-10(7-5-9)13-8-12/h4-7,12H,8H2,1-3H3. The fourth-order valence-corrected chi connectivity index (χ4v) is 1.13. The minimum absolute atomic E-state index is 0.164. The Hall–Kier alpha value is -1.02. The second-order valence-electron chi connectivity index (χ2n) is 4.05. The normalized spacial score (nSPS) is 11.4. The van der Waals surface area contributed by atoms with E-state index in [0.29, 0.717) is 5.75 Å². The van der Waals surface area contributed by atoms with Crippen LogP contribution in [-0.4, -0.2) is 11.9 Å². The maximum absolute atomic E-state index is 8.53. The SMILES string of the molecule is CC(C)(C)c1ccc(OCO)cc1. The van der Waals surface area contributed by atoms with Crippen molar-refractivity contribution in [2.75, 3.05) is 6.79 Å². The minimum Gasteiger partial charge on any atom is -0.468 e. The van der Waals surface area contributed by atoms with Gasteiger partial charge in [0.2, 0.25) is 0 Å². The first-order valence-electron chi connectivity index (χ1n) is 4.38. The zero-order chi connectivity index (χ0) is 9.90. The van der Waals surface area contributed by atoms with E-state index in [1.165, 1.54) is 5.56 Å². The monoisotopic (exact) mass is 180 g/mol. The molecule has 0 aliphatic rings. The van der Waals surface area contributed by atoms with Crippen LogP contribution in [0.3, 0.4) is 0 Å². The zero-order valence-corrected chi connectivity index (χ0v) is 8.37. The molecule has 0 amide bonds. The van der Waals surface area contributed by atoms with Gasteiger partial charge in [-0.1, -0.05) is 32.9 Å². The molecule has 0 spiro atoms. The molecular weight excluding hydrogens is 164 g/mol. The quantitative estimate of drug-likeness (QED) is 0.708. The number of hydrogen-bond donors (Lipinski definition) is 1. The highest BCUT2D eigenvalue weighted by molar-refractivity contribution is 5.30. The minimum atomic E-state index is -0.269. The third kappa shape index (κ3) is 2.74. The number of benzene rings is 1. The van der Waals surface area contributed by atoms with E-state index >= 15 is 0 Å². The number of aliphatic hydroxyl groups is 1. The molecule has 0 saturated heterocycles. The van der Waals surface area contributed by atoms with Crippen LogP contribution in [0, 0.1) is 0 Å². The third-order valence-electron chi connectivity index (χ3n) is 1.95. The molecule has 1 rings (SSSR count). The summed E-state index contributed by atoms with van der Waals surface area (Å²) in [6.07, 6.45) is 0. The Labute approximate surface area is 79.2 Å². The van der Waals surface area contributed by atoms with Crippen LogP contribution in [0.15, 0.2) is 24.3 Å². The summed E-state index contributed by atoms with van der Waals surface area (Å²) in [6.45, 7) is 6.22. The lowest BCUT2D eigenvalue weighted by Crippen LogP contribution is -2.10. The Kier molecular flexibility index (Phi) is 2.94. The number of ether oxygens (including phenoxy) is 1. The molecule has 0 aliphatic carbocycles. The molecule has 0 unspecified atom stereocenters. The smallest absolute Gasteiger partial charge is 0.186 e. The van der Waals surface area contributed by atoms with Crippen molar-refractivity contribution < 1.29 is 9.84 Å². The van der Waals surface area contributed by atoms with Gasteiger partial charge in [-0.05, 0) is 23.1 Å². The van der Waals surface area contributed by atoms with E-state index < -0.39 is 0 Å². The average Bonchev–Trinajstić information content (AvgIpc) is 2.04. The van der Waals surface area contributed by atoms with Crippen molar-refractivity contribution in [2.45, 2.75) is 26.2 Å². The van der Waals surface area contributed by atoms with Gasteiger partial charge in [0.25, 0.3) is 0 Å². The predicted octanol–water partition coefficient (Wildman–Crippen LogP) is 2.31. The summed E-state index contributed by atoms with van der Waals surface area (Å²) in [5.41, 5.74) is 1.43. The van der Waals surface area contributed by atoms with Gasteiger partial charge in [0, 0.05) is 0 Å². The summed E-state index contributed by atoms with van der Waals surface area (Å²) in [7, 11) is 0. The van der Waals surface area contributed by atoms with Crippen molar-refractivity contribution in [3.05, 3.63) is 29.8 Å². The Bertz CT molecular complexity index is 256. The second kappa shape index (κ2) is 3.79. The molecule has 72 valence electrons. The van der Waals surface area contributed by atoms with Crippen LogP contribution >= 0.6 is 0 Å². The van der Waals surface area contributed by atoms with Crippen LogP contribution < -0.4 is 4.74 Å². The van der Waals surface area contributed by atoms with Crippen molar-refractivity contribution in [1.29, 1.82) is 0 Å². The molecule has 0 fully saturated rings. The third-order valence-corrected chi connectivity index (χ3v) is 1.95. The average molecular weight is 180 g/mol. The van der Waals surface area contributed by atoms with Crippen molar-refractivity contribution in [3.8, 4) is 5.75 Å². The van der Waals surface area contributed by atoms with Crippen LogP contribution in [0.4, 0.5) is 0 Å². The van der Waals surface area contributed by atoms with Gasteiger partial charge in [-0.25, -0.2) is 0 Å². The maximum Gasteiger partial charge on any atom is 0.186 e. The van der Waals surface area contributed by atoms with Crippen LogP contribution in [0.1, 0.15) is 26.3 Å². The first-order valence-corrected chi connectivity index (χ1v) is 4.38. The van der Waals surface area contributed by atoms with Gasteiger partial charge in [0.1, 0.15) is 5.75 Å². The van der Waals surface area contributed by atoms with E-state index in [0.717, 1.165) is 0 Å². The van der Waals surface area contributed by atoms with Gasteiger partial charge in [0.05, 0.1) is 0 Å². The van der Waals surface area contributed by atoms with Gasteiger partial charge < -0.3 is 9.84 Å². The summed E-state index contributed by atoms with van der Waals surface area (Å²) in [6, 6.07) is 7.78. The lowest BCUT2D eigenvalue weighted by Gasteiger charge is -2.18. The fraction of sp³-hybridized carbons (Fsp3) is 0.455. The zero-order valence-electron chi connectivity index (χ0n) is 8.37. The number of aliphatic hydroxyl groups excluding tert-OH is 1. The van der Waals surface area contributed by atoms with E-state index in [1.807, 2.05) is 24.3 Å². The lowest BCUT2D eigenvalue weighted by atomic mass is 9.87. The van der Waals surface area contributed by atoms with Gasteiger partial charge in [0.15, 0.2) is 6.79 Å². The van der Waals surface area contributed by atoms with E-state index in [4.69, 9.17) is 9.84 Å². The van der Waals surface area contributed by atoms with Gasteiger partial charge in [-0.15, -0.1) is 0 Å². The summed E-state index contributed by atoms with van der Waals surface area (Å²) in [5, 5.41) is 8.53. The summed E-state index contributed by atoms with van der Waals surface area (Å²) in [5.74, 6) is 0.704. The van der Waals surface area contributed by atoms with Crippen molar-refractivity contribution >= 4 is 0 Å². The first kappa shape index (κ1) is 10.1. The molecular formula is C11H16O2. The van der Waals surface area contributed by atoms with E-state index in [1.54, 1.807) is 0 Å². The van der Waals surface area contributed by atoms with E-state index in [2.05, 4.69) is 20.8 Å². The summed E-state index contributed by atoms with van der Waals surface area (Å²) >= 11 is 0. The number of hydrogen-bond acceptors (Lipinski definition) is 2. The molecule has 0 radical (unpaired) electrons. The van der Waals surface area contributed by atoms with Crippen LogP contribution in [-0.2, 0) is 5.41 Å². The molecule has 1 aromatic rings. The second-order valence-corrected chi connectivity index (χ2v) is 4.05. The molecule has 0 bridgehead atoms. The van der Waals surface area contributed by atoms with Crippen molar-refractivity contribution in [1.82, 2.24) is 0 Å². The molecule has 0 aliphatic heterocycles. The lowest BCUT2D eigenvalue weighted by molar-refractivity contribution is 0.0985. The molecule has 0 saturated carbocycles. The van der Waals surface area contributed by atoms with Gasteiger partial charge >= 0.3 is 0 Å². The fourth-order valence-electron chi connectivity index (χ4n) is 1.13. The predicted molar refractivity (Wildman–Crippen MR) is 52.9 cm³/mol. The van der Waals surface area contributed by atoms with Crippen LogP contribution in [0.5, 0.6) is 5.75 Å². The first-order chi connectivity index (χ1) is 6.04. The van der Waals surface area contributed by atoms with E-state index in [-0.39, 0.29) is 12.2 Å². The Morgan fingerprint density at radius 2 is 1.69 bits per heavy atom. The molecule has 0 aromatic heterocycles. The Morgan fingerprint density at radius 3 is 2.08 bits per heavy atom. The Morgan fingerprint density at radius 1 is 1.15 bits per heavy atom. The largest absolute Gasteiger partial charge is 0.468 e. The highest BCUT2D eigenvalue weighted by Crippen LogP contribution is 2.23.